The molecule has 1 atom stereocenters. The van der Waals surface area contributed by atoms with Crippen molar-refractivity contribution in [2.75, 3.05) is 6.54 Å². The molecule has 1 fully saturated rings. The molecule has 1 amide bonds. The van der Waals surface area contributed by atoms with E-state index in [2.05, 4.69) is 0 Å². The summed E-state index contributed by atoms with van der Waals surface area (Å²) in [6.07, 6.45) is 4.29. The van der Waals surface area contributed by atoms with Crippen molar-refractivity contribution in [3.8, 4) is 0 Å². The molecule has 1 aliphatic heterocycles. The minimum atomic E-state index is -0.943. The molecular formula is C14H14ClNO3. The molecule has 4 nitrogen and oxygen atoms in total. The number of carbonyl (C=O) groups is 2. The van der Waals surface area contributed by atoms with Gasteiger partial charge in [0, 0.05) is 17.6 Å². The normalized spacial score (nSPS) is 19.0. The van der Waals surface area contributed by atoms with E-state index in [0.29, 0.717) is 18.0 Å². The number of nitrogens with zero attached hydrogens (tertiary/aromatic N) is 1. The SMILES string of the molecule is O=C(O)C1CCCN1C(=O)/C=C/c1cccc(Cl)c1. The van der Waals surface area contributed by atoms with Crippen LogP contribution in [0.25, 0.3) is 6.08 Å². The Kier molecular flexibility index (Phi) is 4.22. The predicted octanol–water partition coefficient (Wildman–Crippen LogP) is 2.43. The topological polar surface area (TPSA) is 57.6 Å². The van der Waals surface area contributed by atoms with E-state index in [9.17, 15) is 9.59 Å². The molecule has 1 unspecified atom stereocenters. The number of hydrogen-bond acceptors (Lipinski definition) is 2. The number of carboxylic acid groups (broad SMARTS) is 1. The van der Waals surface area contributed by atoms with Crippen molar-refractivity contribution in [1.29, 1.82) is 0 Å². The average Bonchev–Trinajstić information content (AvgIpc) is 2.85. The van der Waals surface area contributed by atoms with Gasteiger partial charge in [-0.25, -0.2) is 4.79 Å². The summed E-state index contributed by atoms with van der Waals surface area (Å²) in [5.74, 6) is -1.22. The molecule has 1 aromatic carbocycles. The van der Waals surface area contributed by atoms with Gasteiger partial charge in [-0.05, 0) is 36.6 Å². The maximum absolute atomic E-state index is 12.0. The smallest absolute Gasteiger partial charge is 0.326 e. The van der Waals surface area contributed by atoms with E-state index in [1.54, 1.807) is 24.3 Å². The summed E-state index contributed by atoms with van der Waals surface area (Å²) in [5.41, 5.74) is 0.812. The Labute approximate surface area is 116 Å². The van der Waals surface area contributed by atoms with Gasteiger partial charge in [0.25, 0.3) is 0 Å². The summed E-state index contributed by atoms with van der Waals surface area (Å²) < 4.78 is 0. The van der Waals surface area contributed by atoms with Crippen LogP contribution in [0.4, 0.5) is 0 Å². The lowest BCUT2D eigenvalue weighted by Gasteiger charge is -2.19. The molecule has 0 bridgehead atoms. The number of likely N-dealkylation sites (tertiary alicyclic amines) is 1. The Hall–Kier alpha value is -1.81. The molecule has 19 heavy (non-hydrogen) atoms. The zero-order valence-corrected chi connectivity index (χ0v) is 11.0. The summed E-state index contributed by atoms with van der Waals surface area (Å²) in [5, 5.41) is 9.62. The third-order valence-corrected chi connectivity index (χ3v) is 3.32. The van der Waals surface area contributed by atoms with Crippen LogP contribution < -0.4 is 0 Å². The van der Waals surface area contributed by atoms with Gasteiger partial charge in [-0.15, -0.1) is 0 Å². The van der Waals surface area contributed by atoms with Crippen LogP contribution in [0.3, 0.4) is 0 Å². The zero-order chi connectivity index (χ0) is 13.8. The summed E-state index contributed by atoms with van der Waals surface area (Å²) in [6, 6.07) is 6.42. The van der Waals surface area contributed by atoms with Crippen LogP contribution in [0.2, 0.25) is 5.02 Å². The Morgan fingerprint density at radius 2 is 2.21 bits per heavy atom. The molecule has 2 rings (SSSR count). The van der Waals surface area contributed by atoms with Gasteiger partial charge in [0.2, 0.25) is 5.91 Å². The van der Waals surface area contributed by atoms with Gasteiger partial charge in [-0.1, -0.05) is 23.7 Å². The van der Waals surface area contributed by atoms with Gasteiger partial charge < -0.3 is 10.0 Å². The van der Waals surface area contributed by atoms with Crippen molar-refractivity contribution in [3.05, 3.63) is 40.9 Å². The predicted molar refractivity (Wildman–Crippen MR) is 72.9 cm³/mol. The quantitative estimate of drug-likeness (QED) is 0.865. The highest BCUT2D eigenvalue weighted by Crippen LogP contribution is 2.18. The van der Waals surface area contributed by atoms with Crippen molar-refractivity contribution in [2.24, 2.45) is 0 Å². The zero-order valence-electron chi connectivity index (χ0n) is 10.3. The molecule has 0 radical (unpaired) electrons. The Balaban J connectivity index is 2.06. The number of hydrogen-bond donors (Lipinski definition) is 1. The van der Waals surface area contributed by atoms with Gasteiger partial charge in [-0.3, -0.25) is 4.79 Å². The molecule has 100 valence electrons. The summed E-state index contributed by atoms with van der Waals surface area (Å²) >= 11 is 5.85. The maximum Gasteiger partial charge on any atom is 0.326 e. The van der Waals surface area contributed by atoms with Crippen LogP contribution >= 0.6 is 11.6 Å². The number of amides is 1. The molecule has 1 heterocycles. The van der Waals surface area contributed by atoms with Crippen molar-refractivity contribution in [1.82, 2.24) is 4.90 Å². The molecule has 1 N–H and O–H groups in total. The number of halogens is 1. The van der Waals surface area contributed by atoms with Crippen LogP contribution in [0.15, 0.2) is 30.3 Å². The molecule has 0 aromatic heterocycles. The van der Waals surface area contributed by atoms with E-state index < -0.39 is 12.0 Å². The molecule has 1 aliphatic rings. The second kappa shape index (κ2) is 5.89. The van der Waals surface area contributed by atoms with E-state index in [-0.39, 0.29) is 5.91 Å². The van der Waals surface area contributed by atoms with Crippen molar-refractivity contribution >= 4 is 29.6 Å². The third kappa shape index (κ3) is 3.35. The fraction of sp³-hybridized carbons (Fsp3) is 0.286. The van der Waals surface area contributed by atoms with Crippen LogP contribution in [0.1, 0.15) is 18.4 Å². The van der Waals surface area contributed by atoms with E-state index in [0.717, 1.165) is 12.0 Å². The average molecular weight is 280 g/mol. The molecule has 1 saturated heterocycles. The number of carboxylic acids is 1. The lowest BCUT2D eigenvalue weighted by atomic mass is 10.2. The largest absolute Gasteiger partial charge is 0.480 e. The summed E-state index contributed by atoms with van der Waals surface area (Å²) in [6.45, 7) is 0.496. The molecule has 0 aliphatic carbocycles. The summed E-state index contributed by atoms with van der Waals surface area (Å²) in [4.78, 5) is 24.4. The molecule has 5 heteroatoms. The Morgan fingerprint density at radius 1 is 1.42 bits per heavy atom. The fourth-order valence-electron chi connectivity index (χ4n) is 2.16. The van der Waals surface area contributed by atoms with Crippen molar-refractivity contribution in [2.45, 2.75) is 18.9 Å². The molecular weight excluding hydrogens is 266 g/mol. The van der Waals surface area contributed by atoms with E-state index in [1.807, 2.05) is 6.07 Å². The minimum absolute atomic E-state index is 0.273. The number of carbonyl (C=O) groups excluding carboxylic acids is 1. The fourth-order valence-corrected chi connectivity index (χ4v) is 2.36. The van der Waals surface area contributed by atoms with Crippen LogP contribution in [0.5, 0.6) is 0 Å². The number of rotatable bonds is 3. The van der Waals surface area contributed by atoms with Crippen molar-refractivity contribution < 1.29 is 14.7 Å². The first-order chi connectivity index (χ1) is 9.08. The highest BCUT2D eigenvalue weighted by Gasteiger charge is 2.32. The standard InChI is InChI=1S/C14H14ClNO3/c15-11-4-1-3-10(9-11)6-7-13(17)16-8-2-5-12(16)14(18)19/h1,3-4,6-7,9,12H,2,5,8H2,(H,18,19)/b7-6+. The summed E-state index contributed by atoms with van der Waals surface area (Å²) in [7, 11) is 0. The monoisotopic (exact) mass is 279 g/mol. The van der Waals surface area contributed by atoms with Gasteiger partial charge in [0.1, 0.15) is 6.04 Å². The highest BCUT2D eigenvalue weighted by atomic mass is 35.5. The molecule has 0 spiro atoms. The Morgan fingerprint density at radius 3 is 2.89 bits per heavy atom. The van der Waals surface area contributed by atoms with E-state index in [1.165, 1.54) is 11.0 Å². The third-order valence-electron chi connectivity index (χ3n) is 3.09. The van der Waals surface area contributed by atoms with Gasteiger partial charge in [0.15, 0.2) is 0 Å². The van der Waals surface area contributed by atoms with E-state index in [4.69, 9.17) is 16.7 Å². The maximum atomic E-state index is 12.0. The van der Waals surface area contributed by atoms with Crippen molar-refractivity contribution in [3.63, 3.8) is 0 Å². The van der Waals surface area contributed by atoms with Gasteiger partial charge in [-0.2, -0.15) is 0 Å². The lowest BCUT2D eigenvalue weighted by molar-refractivity contribution is -0.146. The Bertz CT molecular complexity index is 527. The lowest BCUT2D eigenvalue weighted by Crippen LogP contribution is -2.39. The molecule has 0 saturated carbocycles. The minimum Gasteiger partial charge on any atom is -0.480 e. The second-order valence-electron chi connectivity index (χ2n) is 4.42. The number of aliphatic carboxylic acids is 1. The van der Waals surface area contributed by atoms with Gasteiger partial charge >= 0.3 is 5.97 Å². The second-order valence-corrected chi connectivity index (χ2v) is 4.85. The first-order valence-corrected chi connectivity index (χ1v) is 6.43. The first kappa shape index (κ1) is 13.6. The van der Waals surface area contributed by atoms with E-state index >= 15 is 0 Å². The van der Waals surface area contributed by atoms with Crippen LogP contribution in [0, 0.1) is 0 Å². The number of benzene rings is 1. The molecule has 1 aromatic rings. The van der Waals surface area contributed by atoms with Gasteiger partial charge in [0.05, 0.1) is 0 Å². The highest BCUT2D eigenvalue weighted by molar-refractivity contribution is 6.30. The van der Waals surface area contributed by atoms with Crippen LogP contribution in [-0.4, -0.2) is 34.5 Å². The first-order valence-electron chi connectivity index (χ1n) is 6.05. The van der Waals surface area contributed by atoms with Crippen LogP contribution in [-0.2, 0) is 9.59 Å².